The molecule has 6 heteroatoms. The van der Waals surface area contributed by atoms with Crippen molar-refractivity contribution in [3.63, 3.8) is 0 Å². The third-order valence-corrected chi connectivity index (χ3v) is 12.8. The van der Waals surface area contributed by atoms with E-state index in [-0.39, 0.29) is 63.5 Å². The first-order valence-electron chi connectivity index (χ1n) is 16.8. The van der Waals surface area contributed by atoms with E-state index in [9.17, 15) is 19.6 Å². The van der Waals surface area contributed by atoms with Crippen molar-refractivity contribution in [2.75, 3.05) is 0 Å². The summed E-state index contributed by atoms with van der Waals surface area (Å²) in [6.45, 7) is 15.0. The lowest BCUT2D eigenvalue weighted by Gasteiger charge is -2.64. The molecule has 5 aliphatic carbocycles. The van der Waals surface area contributed by atoms with Crippen LogP contribution in [0.3, 0.4) is 0 Å². The zero-order chi connectivity index (χ0) is 31.8. The number of nitrogens with zero attached hydrogens (tertiary/aromatic N) is 3. The van der Waals surface area contributed by atoms with E-state index in [4.69, 9.17) is 0 Å². The van der Waals surface area contributed by atoms with Gasteiger partial charge < -0.3 is 0 Å². The fourth-order valence-corrected chi connectivity index (χ4v) is 10.6. The van der Waals surface area contributed by atoms with E-state index in [1.165, 1.54) is 0 Å². The van der Waals surface area contributed by atoms with E-state index < -0.39 is 10.8 Å². The number of Topliss-reactive ketones (excluding diaryl/α,β-unsaturated/α-hetero) is 1. The number of para-hydroxylation sites is 2. The van der Waals surface area contributed by atoms with Gasteiger partial charge >= 0.3 is 0 Å². The molecule has 1 aromatic carbocycles. The van der Waals surface area contributed by atoms with Crippen molar-refractivity contribution < 1.29 is 14.4 Å². The lowest BCUT2D eigenvalue weighted by Crippen LogP contribution is -2.61. The molecular formula is C38H47N3O3. The van der Waals surface area contributed by atoms with E-state index >= 15 is 0 Å². The van der Waals surface area contributed by atoms with Crippen LogP contribution >= 0.6 is 0 Å². The zero-order valence-electron chi connectivity index (χ0n) is 27.4. The fourth-order valence-electron chi connectivity index (χ4n) is 10.6. The molecule has 0 aliphatic heterocycles. The number of fused-ring (bicyclic) bond motifs is 8. The highest BCUT2D eigenvalue weighted by Crippen LogP contribution is 2.69. The third-order valence-electron chi connectivity index (χ3n) is 12.8. The molecule has 4 unspecified atom stereocenters. The Morgan fingerprint density at radius 2 is 1.68 bits per heavy atom. The highest BCUT2D eigenvalue weighted by molar-refractivity contribution is 6.02. The predicted octanol–water partition coefficient (Wildman–Crippen LogP) is 8.14. The van der Waals surface area contributed by atoms with Crippen molar-refractivity contribution >= 4 is 28.5 Å². The van der Waals surface area contributed by atoms with Crippen LogP contribution in [0.2, 0.25) is 0 Å². The number of nitriles is 1. The summed E-state index contributed by atoms with van der Waals surface area (Å²) in [5.74, 6) is -0.116. The molecule has 6 nitrogen and oxygen atoms in total. The van der Waals surface area contributed by atoms with Gasteiger partial charge in [-0.15, -0.1) is 0 Å². The SMILES string of the molecule is CC.C[C@H]1C(=O)C(C#N)=C[C@]2(C)C3=CC(=O)C4C5CC(C)(C)CC[C@]5(C(=O)n5cnc6ccccc65)CCC4[C@]3(C)CCC12. The van der Waals surface area contributed by atoms with Gasteiger partial charge in [0.1, 0.15) is 12.4 Å². The molecule has 0 spiro atoms. The highest BCUT2D eigenvalue weighted by Gasteiger charge is 2.66. The summed E-state index contributed by atoms with van der Waals surface area (Å²) in [5.41, 5.74) is 1.71. The summed E-state index contributed by atoms with van der Waals surface area (Å²) in [6.07, 6.45) is 11.5. The van der Waals surface area contributed by atoms with Gasteiger partial charge in [0.15, 0.2) is 11.6 Å². The van der Waals surface area contributed by atoms with Crippen LogP contribution in [0.1, 0.15) is 98.2 Å². The molecule has 5 aliphatic rings. The topological polar surface area (TPSA) is 92.8 Å². The number of ketones is 2. The first kappa shape index (κ1) is 30.7. The average molecular weight is 594 g/mol. The minimum absolute atomic E-state index is 0.0432. The number of allylic oxidation sites excluding steroid dienone is 4. The summed E-state index contributed by atoms with van der Waals surface area (Å²) >= 11 is 0. The van der Waals surface area contributed by atoms with Crippen LogP contribution in [0.15, 0.2) is 53.9 Å². The molecule has 0 N–H and O–H groups in total. The second-order valence-corrected chi connectivity index (χ2v) is 15.3. The van der Waals surface area contributed by atoms with Crippen molar-refractivity contribution in [1.82, 2.24) is 9.55 Å². The molecule has 0 saturated heterocycles. The molecule has 1 aromatic heterocycles. The minimum Gasteiger partial charge on any atom is -0.295 e. The molecule has 8 atom stereocenters. The lowest BCUT2D eigenvalue weighted by molar-refractivity contribution is -0.141. The van der Waals surface area contributed by atoms with Crippen molar-refractivity contribution in [2.45, 2.75) is 93.4 Å². The molecule has 0 bridgehead atoms. The first-order chi connectivity index (χ1) is 20.9. The number of benzene rings is 1. The lowest BCUT2D eigenvalue weighted by atomic mass is 9.39. The molecule has 3 saturated carbocycles. The molecule has 7 rings (SSSR count). The van der Waals surface area contributed by atoms with Gasteiger partial charge in [-0.2, -0.15) is 5.26 Å². The van der Waals surface area contributed by atoms with E-state index in [0.717, 1.165) is 61.6 Å². The van der Waals surface area contributed by atoms with Gasteiger partial charge in [-0.1, -0.05) is 72.2 Å². The number of hydrogen-bond acceptors (Lipinski definition) is 5. The zero-order valence-corrected chi connectivity index (χ0v) is 27.4. The number of aromatic nitrogens is 2. The van der Waals surface area contributed by atoms with Crippen molar-refractivity contribution in [1.29, 1.82) is 5.26 Å². The second kappa shape index (κ2) is 10.4. The maximum Gasteiger partial charge on any atom is 0.238 e. The molecule has 3 fully saturated rings. The Morgan fingerprint density at radius 3 is 2.41 bits per heavy atom. The van der Waals surface area contributed by atoms with Gasteiger partial charge in [-0.25, -0.2) is 4.98 Å². The molecular weight excluding hydrogens is 546 g/mol. The van der Waals surface area contributed by atoms with Gasteiger partial charge in [0.05, 0.1) is 22.0 Å². The molecule has 0 radical (unpaired) electrons. The Labute approximate surface area is 262 Å². The van der Waals surface area contributed by atoms with E-state index in [1.54, 1.807) is 10.9 Å². The number of hydrogen-bond donors (Lipinski definition) is 0. The third kappa shape index (κ3) is 4.10. The molecule has 2 aromatic rings. The smallest absolute Gasteiger partial charge is 0.238 e. The van der Waals surface area contributed by atoms with E-state index in [2.05, 4.69) is 38.7 Å². The van der Waals surface area contributed by atoms with Crippen LogP contribution in [0, 0.1) is 62.6 Å². The van der Waals surface area contributed by atoms with Crippen molar-refractivity contribution in [3.05, 3.63) is 53.9 Å². The summed E-state index contributed by atoms with van der Waals surface area (Å²) in [6, 6.07) is 9.96. The Morgan fingerprint density at radius 1 is 0.977 bits per heavy atom. The summed E-state index contributed by atoms with van der Waals surface area (Å²) < 4.78 is 1.76. The van der Waals surface area contributed by atoms with Crippen LogP contribution in [0.25, 0.3) is 11.0 Å². The number of carbonyl (C=O) groups is 3. The maximum absolute atomic E-state index is 14.7. The van der Waals surface area contributed by atoms with Gasteiger partial charge in [0, 0.05) is 17.3 Å². The van der Waals surface area contributed by atoms with Crippen LogP contribution < -0.4 is 0 Å². The Hall–Kier alpha value is -3.33. The normalized spacial score (nSPS) is 38.8. The fraction of sp³-hybridized carbons (Fsp3) is 0.605. The monoisotopic (exact) mass is 593 g/mol. The Bertz CT molecular complexity index is 1650. The summed E-state index contributed by atoms with van der Waals surface area (Å²) in [4.78, 5) is 46.7. The van der Waals surface area contributed by atoms with Crippen LogP contribution in [0.5, 0.6) is 0 Å². The van der Waals surface area contributed by atoms with Gasteiger partial charge in [-0.3, -0.25) is 19.0 Å². The van der Waals surface area contributed by atoms with Gasteiger partial charge in [0.2, 0.25) is 5.91 Å². The number of carbonyl (C=O) groups excluding carboxylic acids is 3. The van der Waals surface area contributed by atoms with Crippen LogP contribution in [-0.4, -0.2) is 27.0 Å². The van der Waals surface area contributed by atoms with E-state index in [1.807, 2.05) is 57.2 Å². The number of rotatable bonds is 1. The van der Waals surface area contributed by atoms with Crippen LogP contribution in [-0.2, 0) is 9.59 Å². The van der Waals surface area contributed by atoms with E-state index in [0.29, 0.717) is 0 Å². The quantitative estimate of drug-likeness (QED) is 0.333. The molecule has 0 amide bonds. The van der Waals surface area contributed by atoms with Gasteiger partial charge in [-0.05, 0) is 91.7 Å². The molecule has 1 heterocycles. The Balaban J connectivity index is 0.00000168. The number of imidazole rings is 1. The second-order valence-electron chi connectivity index (χ2n) is 15.3. The highest BCUT2D eigenvalue weighted by atomic mass is 16.2. The maximum atomic E-state index is 14.7. The Kier molecular flexibility index (Phi) is 7.23. The van der Waals surface area contributed by atoms with Crippen molar-refractivity contribution in [2.24, 2.45) is 51.2 Å². The average Bonchev–Trinajstić information content (AvgIpc) is 3.44. The van der Waals surface area contributed by atoms with Crippen molar-refractivity contribution in [3.8, 4) is 6.07 Å². The van der Waals surface area contributed by atoms with Crippen LogP contribution in [0.4, 0.5) is 0 Å². The molecule has 44 heavy (non-hydrogen) atoms. The van der Waals surface area contributed by atoms with Gasteiger partial charge in [0.25, 0.3) is 0 Å². The first-order valence-corrected chi connectivity index (χ1v) is 16.8. The standard InChI is InChI=1S/C36H41N3O3.C2H6/c1-21-23-10-12-34(4)24-11-13-36(32(42)39-20-38-26-8-6-7-9-27(26)39)15-14-33(2,3)18-25(36)30(24)28(40)16-29(34)35(23,5)17-22(19-37)31(21)41;1-2/h6-9,16-17,20-21,23-25,30H,10-15,18H2,1-5H3;1-2H3/t21-,23?,24?,25?,30?,34+,35+,36-;/m1./s1. The predicted molar refractivity (Wildman–Crippen MR) is 171 cm³/mol. The molecule has 232 valence electrons. The largest absolute Gasteiger partial charge is 0.295 e. The summed E-state index contributed by atoms with van der Waals surface area (Å²) in [7, 11) is 0. The summed E-state index contributed by atoms with van der Waals surface area (Å²) in [5, 5.41) is 9.82. The minimum atomic E-state index is -0.599.